The van der Waals surface area contributed by atoms with Crippen LogP contribution in [0.4, 0.5) is 10.3 Å². The van der Waals surface area contributed by atoms with Gasteiger partial charge in [-0.25, -0.2) is 4.39 Å². The van der Waals surface area contributed by atoms with Crippen LogP contribution < -0.4 is 5.32 Å². The number of hydrogen-bond donors (Lipinski definition) is 1. The fourth-order valence-electron chi connectivity index (χ4n) is 4.68. The van der Waals surface area contributed by atoms with Gasteiger partial charge in [-0.1, -0.05) is 12.1 Å². The average molecular weight is 342 g/mol. The number of nitrogens with zero attached hydrogens (tertiary/aromatic N) is 3. The minimum absolute atomic E-state index is 0.187. The Kier molecular flexibility index (Phi) is 4.48. The lowest BCUT2D eigenvalue weighted by Gasteiger charge is -2.45. The molecule has 0 unspecified atom stereocenters. The van der Waals surface area contributed by atoms with Gasteiger partial charge in [-0.3, -0.25) is 4.57 Å². The van der Waals surface area contributed by atoms with Gasteiger partial charge in [0.1, 0.15) is 11.6 Å². The highest BCUT2D eigenvalue weighted by atomic mass is 19.1. The molecular weight excluding hydrogens is 315 g/mol. The van der Waals surface area contributed by atoms with Gasteiger partial charge in [0, 0.05) is 18.5 Å². The van der Waals surface area contributed by atoms with Crippen LogP contribution in [0.2, 0.25) is 0 Å². The second kappa shape index (κ2) is 6.77. The summed E-state index contributed by atoms with van der Waals surface area (Å²) in [5.41, 5.74) is 1.38. The smallest absolute Gasteiger partial charge is 0.224 e. The number of fused-ring (bicyclic) bond motifs is 3. The summed E-state index contributed by atoms with van der Waals surface area (Å²) in [6, 6.07) is 6.71. The average Bonchev–Trinajstić information content (AvgIpc) is 3.09. The molecule has 0 saturated heterocycles. The molecular formula is C20H27FN4. The Labute approximate surface area is 148 Å². The van der Waals surface area contributed by atoms with Gasteiger partial charge in [0.2, 0.25) is 5.95 Å². The van der Waals surface area contributed by atoms with Gasteiger partial charge in [0.25, 0.3) is 0 Å². The standard InChI is InChI=1S/C20H27FN4/c1-2-25-18(20-11-7-16(8-12-20)9-13-20)23-24-19(25)22-14-10-15-3-5-17(21)6-4-15/h3-6,16H,2,7-14H2,1H3,(H,22,24). The summed E-state index contributed by atoms with van der Waals surface area (Å²) in [4.78, 5) is 0. The third-order valence-corrected chi connectivity index (χ3v) is 6.24. The number of hydrogen-bond acceptors (Lipinski definition) is 3. The van der Waals surface area contributed by atoms with Gasteiger partial charge < -0.3 is 5.32 Å². The number of halogens is 1. The van der Waals surface area contributed by atoms with Crippen molar-refractivity contribution in [3.8, 4) is 0 Å². The van der Waals surface area contributed by atoms with Crippen LogP contribution in [-0.2, 0) is 18.4 Å². The third kappa shape index (κ3) is 3.16. The molecule has 0 radical (unpaired) electrons. The number of aromatic nitrogens is 3. The van der Waals surface area contributed by atoms with Gasteiger partial charge in [0.05, 0.1) is 0 Å². The zero-order chi connectivity index (χ0) is 17.3. The quantitative estimate of drug-likeness (QED) is 0.850. The molecule has 1 aromatic carbocycles. The van der Waals surface area contributed by atoms with Crippen LogP contribution in [0.1, 0.15) is 56.8 Å². The van der Waals surface area contributed by atoms with Crippen LogP contribution in [0.15, 0.2) is 24.3 Å². The molecule has 1 N–H and O–H groups in total. The summed E-state index contributed by atoms with van der Waals surface area (Å²) in [5.74, 6) is 2.83. The van der Waals surface area contributed by atoms with E-state index in [1.165, 1.54) is 56.5 Å². The van der Waals surface area contributed by atoms with Gasteiger partial charge in [-0.2, -0.15) is 0 Å². The predicted octanol–water partition coefficient (Wildman–Crippen LogP) is 4.31. The molecule has 2 bridgehead atoms. The Morgan fingerprint density at radius 1 is 1.12 bits per heavy atom. The molecule has 0 spiro atoms. The highest BCUT2D eigenvalue weighted by molar-refractivity contribution is 5.30. The first-order valence-corrected chi connectivity index (χ1v) is 9.62. The lowest BCUT2D eigenvalue weighted by molar-refractivity contribution is 0.124. The molecule has 0 aliphatic heterocycles. The molecule has 3 aliphatic rings. The van der Waals surface area contributed by atoms with E-state index in [2.05, 4.69) is 27.0 Å². The normalized spacial score (nSPS) is 25.3. The van der Waals surface area contributed by atoms with Crippen molar-refractivity contribution in [2.75, 3.05) is 11.9 Å². The van der Waals surface area contributed by atoms with E-state index in [0.29, 0.717) is 0 Å². The van der Waals surface area contributed by atoms with E-state index in [-0.39, 0.29) is 11.2 Å². The van der Waals surface area contributed by atoms with E-state index < -0.39 is 0 Å². The third-order valence-electron chi connectivity index (χ3n) is 6.24. The van der Waals surface area contributed by atoms with E-state index in [4.69, 9.17) is 0 Å². The molecule has 5 heteroatoms. The highest BCUT2D eigenvalue weighted by Gasteiger charge is 2.45. The van der Waals surface area contributed by atoms with Gasteiger partial charge in [0.15, 0.2) is 0 Å². The lowest BCUT2D eigenvalue weighted by Crippen LogP contribution is -2.40. The number of nitrogens with one attached hydrogen (secondary N) is 1. The largest absolute Gasteiger partial charge is 0.354 e. The van der Waals surface area contributed by atoms with Crippen molar-refractivity contribution in [3.05, 3.63) is 41.5 Å². The maximum Gasteiger partial charge on any atom is 0.224 e. The zero-order valence-electron chi connectivity index (χ0n) is 15.0. The summed E-state index contributed by atoms with van der Waals surface area (Å²) < 4.78 is 15.3. The van der Waals surface area contributed by atoms with Gasteiger partial charge >= 0.3 is 0 Å². The van der Waals surface area contributed by atoms with Crippen LogP contribution in [0, 0.1) is 11.7 Å². The second-order valence-corrected chi connectivity index (χ2v) is 7.66. The van der Waals surface area contributed by atoms with E-state index in [9.17, 15) is 4.39 Å². The Morgan fingerprint density at radius 3 is 2.44 bits per heavy atom. The first-order chi connectivity index (χ1) is 12.2. The summed E-state index contributed by atoms with van der Waals surface area (Å²) >= 11 is 0. The fraction of sp³-hybridized carbons (Fsp3) is 0.600. The van der Waals surface area contributed by atoms with Crippen molar-refractivity contribution in [1.29, 1.82) is 0 Å². The van der Waals surface area contributed by atoms with E-state index in [1.54, 1.807) is 0 Å². The molecule has 0 atom stereocenters. The Bertz CT molecular complexity index is 700. The predicted molar refractivity (Wildman–Crippen MR) is 97.2 cm³/mol. The summed E-state index contributed by atoms with van der Waals surface area (Å²) in [6.45, 7) is 3.84. The van der Waals surface area contributed by atoms with Crippen LogP contribution in [0.5, 0.6) is 0 Å². The molecule has 0 amide bonds. The van der Waals surface area contributed by atoms with E-state index in [0.717, 1.165) is 36.9 Å². The van der Waals surface area contributed by atoms with Crippen molar-refractivity contribution in [1.82, 2.24) is 14.8 Å². The van der Waals surface area contributed by atoms with E-state index in [1.807, 2.05) is 12.1 Å². The van der Waals surface area contributed by atoms with Crippen molar-refractivity contribution < 1.29 is 4.39 Å². The van der Waals surface area contributed by atoms with Crippen molar-refractivity contribution in [2.45, 2.75) is 63.8 Å². The number of rotatable bonds is 6. The second-order valence-electron chi connectivity index (χ2n) is 7.66. The molecule has 3 aliphatic carbocycles. The van der Waals surface area contributed by atoms with Crippen LogP contribution in [0.25, 0.3) is 0 Å². The molecule has 3 fully saturated rings. The number of anilines is 1. The Balaban J connectivity index is 1.45. The van der Waals surface area contributed by atoms with Crippen molar-refractivity contribution in [2.24, 2.45) is 5.92 Å². The molecule has 1 heterocycles. The summed E-state index contributed by atoms with van der Waals surface area (Å²) in [7, 11) is 0. The molecule has 5 rings (SSSR count). The van der Waals surface area contributed by atoms with Crippen LogP contribution in [0.3, 0.4) is 0 Å². The highest BCUT2D eigenvalue weighted by Crippen LogP contribution is 2.51. The first-order valence-electron chi connectivity index (χ1n) is 9.62. The van der Waals surface area contributed by atoms with E-state index >= 15 is 0 Å². The maximum absolute atomic E-state index is 13.0. The van der Waals surface area contributed by atoms with Crippen LogP contribution >= 0.6 is 0 Å². The molecule has 4 nitrogen and oxygen atoms in total. The van der Waals surface area contributed by atoms with Gasteiger partial charge in [-0.05, 0) is 75.5 Å². The maximum atomic E-state index is 13.0. The SMILES string of the molecule is CCn1c(NCCc2ccc(F)cc2)nnc1C12CCC(CC1)CC2. The molecule has 134 valence electrons. The minimum Gasteiger partial charge on any atom is -0.354 e. The molecule has 25 heavy (non-hydrogen) atoms. The molecule has 1 aromatic heterocycles. The topological polar surface area (TPSA) is 42.7 Å². The van der Waals surface area contributed by atoms with Crippen LogP contribution in [-0.4, -0.2) is 21.3 Å². The van der Waals surface area contributed by atoms with Gasteiger partial charge in [-0.15, -0.1) is 10.2 Å². The zero-order valence-corrected chi connectivity index (χ0v) is 15.0. The summed E-state index contributed by atoms with van der Waals surface area (Å²) in [5, 5.41) is 12.5. The molecule has 2 aromatic rings. The first kappa shape index (κ1) is 16.6. The Morgan fingerprint density at radius 2 is 1.80 bits per heavy atom. The lowest BCUT2D eigenvalue weighted by atomic mass is 9.60. The summed E-state index contributed by atoms with van der Waals surface area (Å²) in [6.07, 6.45) is 8.71. The van der Waals surface area contributed by atoms with Crippen molar-refractivity contribution in [3.63, 3.8) is 0 Å². The Hall–Kier alpha value is -1.91. The molecule has 3 saturated carbocycles. The minimum atomic E-state index is -0.187. The number of benzene rings is 1. The monoisotopic (exact) mass is 342 g/mol. The fourth-order valence-corrected chi connectivity index (χ4v) is 4.68. The van der Waals surface area contributed by atoms with Crippen molar-refractivity contribution >= 4 is 5.95 Å².